The van der Waals surface area contributed by atoms with Crippen molar-refractivity contribution >= 4 is 5.84 Å². The van der Waals surface area contributed by atoms with Crippen LogP contribution in [-0.4, -0.2) is 35.1 Å². The highest BCUT2D eigenvalue weighted by Gasteiger charge is 2.24. The van der Waals surface area contributed by atoms with Crippen molar-refractivity contribution < 1.29 is 5.21 Å². The summed E-state index contributed by atoms with van der Waals surface area (Å²) >= 11 is 0. The molecule has 1 heterocycles. The lowest BCUT2D eigenvalue weighted by Crippen LogP contribution is -2.45. The minimum Gasteiger partial charge on any atom is -0.409 e. The molecule has 0 bridgehead atoms. The highest BCUT2D eigenvalue weighted by molar-refractivity contribution is 5.81. The fraction of sp³-hybridized carbons (Fsp3) is 0.900. The molecule has 4 nitrogen and oxygen atoms in total. The third-order valence-corrected chi connectivity index (χ3v) is 3.18. The monoisotopic (exact) mass is 199 g/mol. The van der Waals surface area contributed by atoms with Gasteiger partial charge in [0.1, 0.15) is 0 Å². The molecule has 2 unspecified atom stereocenters. The van der Waals surface area contributed by atoms with Crippen molar-refractivity contribution in [3.05, 3.63) is 0 Å². The van der Waals surface area contributed by atoms with E-state index in [0.29, 0.717) is 18.4 Å². The van der Waals surface area contributed by atoms with Crippen LogP contribution in [0.15, 0.2) is 5.16 Å². The summed E-state index contributed by atoms with van der Waals surface area (Å²) in [5, 5.41) is 11.5. The van der Waals surface area contributed by atoms with Crippen LogP contribution in [0, 0.1) is 5.92 Å². The van der Waals surface area contributed by atoms with Gasteiger partial charge in [-0.05, 0) is 25.7 Å². The van der Waals surface area contributed by atoms with E-state index >= 15 is 0 Å². The first kappa shape index (κ1) is 11.3. The van der Waals surface area contributed by atoms with Crippen molar-refractivity contribution in [3.8, 4) is 0 Å². The molecule has 0 aliphatic carbocycles. The largest absolute Gasteiger partial charge is 0.409 e. The topological polar surface area (TPSA) is 61.8 Å². The highest BCUT2D eigenvalue weighted by Crippen LogP contribution is 2.23. The Bertz CT molecular complexity index is 206. The van der Waals surface area contributed by atoms with Crippen LogP contribution >= 0.6 is 0 Å². The SMILES string of the molecule is CCC1CCC(C)N(C/C(N)=N/O)C1. The van der Waals surface area contributed by atoms with E-state index in [1.165, 1.54) is 19.3 Å². The van der Waals surface area contributed by atoms with Crippen LogP contribution in [0.4, 0.5) is 0 Å². The second-order valence-corrected chi connectivity index (χ2v) is 4.22. The van der Waals surface area contributed by atoms with Crippen LogP contribution in [0.1, 0.15) is 33.1 Å². The Morgan fingerprint density at radius 2 is 2.29 bits per heavy atom. The van der Waals surface area contributed by atoms with Gasteiger partial charge in [0.15, 0.2) is 5.84 Å². The summed E-state index contributed by atoms with van der Waals surface area (Å²) in [6, 6.07) is 0.554. The lowest BCUT2D eigenvalue weighted by Gasteiger charge is -2.37. The van der Waals surface area contributed by atoms with Gasteiger partial charge in [0.2, 0.25) is 0 Å². The standard InChI is InChI=1S/C10H21N3O/c1-3-9-5-4-8(2)13(6-9)7-10(11)12-14/h8-9,14H,3-7H2,1-2H3,(H2,11,12). The van der Waals surface area contributed by atoms with Gasteiger partial charge >= 0.3 is 0 Å². The minimum absolute atomic E-state index is 0.314. The first-order valence-electron chi connectivity index (χ1n) is 5.37. The summed E-state index contributed by atoms with van der Waals surface area (Å²) in [4.78, 5) is 2.30. The highest BCUT2D eigenvalue weighted by atomic mass is 16.4. The van der Waals surface area contributed by atoms with E-state index in [1.54, 1.807) is 0 Å². The molecule has 0 aromatic rings. The third kappa shape index (κ3) is 2.87. The summed E-state index contributed by atoms with van der Waals surface area (Å²) in [6.45, 7) is 6.10. The molecule has 14 heavy (non-hydrogen) atoms. The number of rotatable bonds is 3. The number of nitrogens with two attached hydrogens (primary N) is 1. The van der Waals surface area contributed by atoms with Gasteiger partial charge < -0.3 is 10.9 Å². The Morgan fingerprint density at radius 3 is 2.86 bits per heavy atom. The number of hydrogen-bond donors (Lipinski definition) is 2. The first-order chi connectivity index (χ1) is 6.67. The second kappa shape index (κ2) is 5.20. The molecule has 3 N–H and O–H groups in total. The zero-order chi connectivity index (χ0) is 10.6. The summed E-state index contributed by atoms with van der Waals surface area (Å²) in [5.41, 5.74) is 5.51. The van der Waals surface area contributed by atoms with Gasteiger partial charge in [0, 0.05) is 12.6 Å². The zero-order valence-electron chi connectivity index (χ0n) is 9.11. The van der Waals surface area contributed by atoms with E-state index in [1.807, 2.05) is 0 Å². The lowest BCUT2D eigenvalue weighted by atomic mass is 9.91. The molecular weight excluding hydrogens is 178 g/mol. The predicted octanol–water partition coefficient (Wildman–Crippen LogP) is 1.24. The molecule has 1 aliphatic rings. The van der Waals surface area contributed by atoms with Crippen LogP contribution in [0.25, 0.3) is 0 Å². The number of hydrogen-bond acceptors (Lipinski definition) is 3. The summed E-state index contributed by atoms with van der Waals surface area (Å²) in [7, 11) is 0. The summed E-state index contributed by atoms with van der Waals surface area (Å²) in [6.07, 6.45) is 3.75. The van der Waals surface area contributed by atoms with Gasteiger partial charge in [-0.15, -0.1) is 0 Å². The van der Waals surface area contributed by atoms with Gasteiger partial charge in [-0.25, -0.2) is 0 Å². The molecule has 0 saturated carbocycles. The summed E-state index contributed by atoms with van der Waals surface area (Å²) < 4.78 is 0. The molecule has 0 amide bonds. The summed E-state index contributed by atoms with van der Waals surface area (Å²) in [5.74, 6) is 1.09. The second-order valence-electron chi connectivity index (χ2n) is 4.22. The average Bonchev–Trinajstić information content (AvgIpc) is 2.21. The van der Waals surface area contributed by atoms with Crippen molar-refractivity contribution in [2.75, 3.05) is 13.1 Å². The fourth-order valence-electron chi connectivity index (χ4n) is 2.06. The molecule has 0 aromatic heterocycles. The molecule has 1 aliphatic heterocycles. The van der Waals surface area contributed by atoms with Crippen LogP contribution in [0.3, 0.4) is 0 Å². The van der Waals surface area contributed by atoms with E-state index in [-0.39, 0.29) is 0 Å². The van der Waals surface area contributed by atoms with Gasteiger partial charge in [-0.3, -0.25) is 4.90 Å². The molecule has 1 saturated heterocycles. The molecule has 82 valence electrons. The molecule has 2 atom stereocenters. The average molecular weight is 199 g/mol. The van der Waals surface area contributed by atoms with Gasteiger partial charge in [-0.2, -0.15) is 0 Å². The molecule has 4 heteroatoms. The van der Waals surface area contributed by atoms with Crippen molar-refractivity contribution in [3.63, 3.8) is 0 Å². The molecule has 0 radical (unpaired) electrons. The van der Waals surface area contributed by atoms with Crippen LogP contribution < -0.4 is 5.73 Å². The Balaban J connectivity index is 2.48. The number of oxime groups is 1. The van der Waals surface area contributed by atoms with Crippen molar-refractivity contribution in [2.45, 2.75) is 39.2 Å². The molecule has 0 aromatic carbocycles. The number of piperidine rings is 1. The maximum absolute atomic E-state index is 8.51. The van der Waals surface area contributed by atoms with Crippen molar-refractivity contribution in [2.24, 2.45) is 16.8 Å². The normalized spacial score (nSPS) is 30.6. The first-order valence-corrected chi connectivity index (χ1v) is 5.37. The van der Waals surface area contributed by atoms with Gasteiger partial charge in [0.05, 0.1) is 6.54 Å². The van der Waals surface area contributed by atoms with Crippen molar-refractivity contribution in [1.29, 1.82) is 0 Å². The fourth-order valence-corrected chi connectivity index (χ4v) is 2.06. The van der Waals surface area contributed by atoms with E-state index in [2.05, 4.69) is 23.9 Å². The Labute approximate surface area is 85.8 Å². The van der Waals surface area contributed by atoms with Crippen molar-refractivity contribution in [1.82, 2.24) is 4.90 Å². The van der Waals surface area contributed by atoms with E-state index in [0.717, 1.165) is 12.5 Å². The van der Waals surface area contributed by atoms with E-state index in [4.69, 9.17) is 10.9 Å². The number of likely N-dealkylation sites (tertiary alicyclic amines) is 1. The Kier molecular flexibility index (Phi) is 4.20. The maximum atomic E-state index is 8.51. The van der Waals surface area contributed by atoms with Gasteiger partial charge in [-0.1, -0.05) is 18.5 Å². The van der Waals surface area contributed by atoms with E-state index < -0.39 is 0 Å². The lowest BCUT2D eigenvalue weighted by molar-refractivity contribution is 0.133. The number of nitrogens with zero attached hydrogens (tertiary/aromatic N) is 2. The molecule has 1 fully saturated rings. The van der Waals surface area contributed by atoms with Crippen LogP contribution in [0.5, 0.6) is 0 Å². The molecule has 0 spiro atoms. The third-order valence-electron chi connectivity index (χ3n) is 3.18. The van der Waals surface area contributed by atoms with E-state index in [9.17, 15) is 0 Å². The number of amidine groups is 1. The zero-order valence-corrected chi connectivity index (χ0v) is 9.11. The van der Waals surface area contributed by atoms with Gasteiger partial charge in [0.25, 0.3) is 0 Å². The maximum Gasteiger partial charge on any atom is 0.153 e. The quantitative estimate of drug-likeness (QED) is 0.311. The smallest absolute Gasteiger partial charge is 0.153 e. The molecule has 1 rings (SSSR count). The van der Waals surface area contributed by atoms with Crippen LogP contribution in [-0.2, 0) is 0 Å². The Hall–Kier alpha value is -0.770. The Morgan fingerprint density at radius 1 is 1.57 bits per heavy atom. The predicted molar refractivity (Wildman–Crippen MR) is 57.5 cm³/mol. The molecular formula is C10H21N3O. The van der Waals surface area contributed by atoms with Crippen LogP contribution in [0.2, 0.25) is 0 Å². The minimum atomic E-state index is 0.314.